The number of aromatic nitrogens is 1. The van der Waals surface area contributed by atoms with Gasteiger partial charge >= 0.3 is 0 Å². The highest BCUT2D eigenvalue weighted by Gasteiger charge is 2.22. The molecule has 2 N–H and O–H groups in total. The van der Waals surface area contributed by atoms with E-state index in [0.29, 0.717) is 11.7 Å². The summed E-state index contributed by atoms with van der Waals surface area (Å²) in [5.41, 5.74) is 0.740. The molecule has 0 fully saturated rings. The van der Waals surface area contributed by atoms with Crippen molar-refractivity contribution in [2.45, 2.75) is 45.2 Å². The van der Waals surface area contributed by atoms with Crippen molar-refractivity contribution in [3.8, 4) is 0 Å². The predicted octanol–water partition coefficient (Wildman–Crippen LogP) is 2.05. The van der Waals surface area contributed by atoms with Crippen LogP contribution in [0, 0.1) is 19.7 Å². The fourth-order valence-electron chi connectivity index (χ4n) is 2.10. The number of oxazole rings is 1. The Kier molecular flexibility index (Phi) is 5.58. The monoisotopic (exact) mass is 369 g/mol. The van der Waals surface area contributed by atoms with Gasteiger partial charge in [0.05, 0.1) is 12.2 Å². The van der Waals surface area contributed by atoms with Crippen LogP contribution in [0.3, 0.4) is 0 Å². The fourth-order valence-corrected chi connectivity index (χ4v) is 3.45. The van der Waals surface area contributed by atoms with Gasteiger partial charge < -0.3 is 9.73 Å². The molecule has 9 heteroatoms. The van der Waals surface area contributed by atoms with E-state index in [-0.39, 0.29) is 12.1 Å². The van der Waals surface area contributed by atoms with Crippen molar-refractivity contribution in [3.05, 3.63) is 46.9 Å². The van der Waals surface area contributed by atoms with Crippen molar-refractivity contribution >= 4 is 15.9 Å². The van der Waals surface area contributed by atoms with Crippen LogP contribution < -0.4 is 10.0 Å². The normalized spacial score (nSPS) is 11.8. The number of carbonyl (C=O) groups excluding carboxylic acids is 1. The third-order valence-electron chi connectivity index (χ3n) is 3.35. The van der Waals surface area contributed by atoms with E-state index < -0.39 is 32.7 Å². The number of hydrogen-bond acceptors (Lipinski definition) is 5. The second-order valence-electron chi connectivity index (χ2n) is 5.85. The summed E-state index contributed by atoms with van der Waals surface area (Å²) in [6.07, 6.45) is 0. The van der Waals surface area contributed by atoms with Gasteiger partial charge in [-0.1, -0.05) is 0 Å². The Morgan fingerprint density at radius 3 is 2.56 bits per heavy atom. The summed E-state index contributed by atoms with van der Waals surface area (Å²) in [5.74, 6) is -0.503. The molecule has 0 aliphatic rings. The van der Waals surface area contributed by atoms with Gasteiger partial charge in [-0.25, -0.2) is 22.5 Å². The zero-order valence-electron chi connectivity index (χ0n) is 14.4. The van der Waals surface area contributed by atoms with E-state index in [1.807, 2.05) is 0 Å². The largest absolute Gasteiger partial charge is 0.444 e. The SMILES string of the molecule is Cc1nc(CNC(=O)c2ccc(F)c(S(=O)(=O)NC(C)C)c2)oc1C. The lowest BCUT2D eigenvalue weighted by Gasteiger charge is -2.11. The maximum Gasteiger partial charge on any atom is 0.251 e. The Bertz CT molecular complexity index is 871. The summed E-state index contributed by atoms with van der Waals surface area (Å²) < 4.78 is 45.8. The lowest BCUT2D eigenvalue weighted by atomic mass is 10.2. The van der Waals surface area contributed by atoms with Gasteiger partial charge in [0.2, 0.25) is 15.9 Å². The highest BCUT2D eigenvalue weighted by atomic mass is 32.2. The summed E-state index contributed by atoms with van der Waals surface area (Å²) in [6, 6.07) is 2.76. The van der Waals surface area contributed by atoms with Crippen molar-refractivity contribution in [3.63, 3.8) is 0 Å². The molecule has 0 saturated heterocycles. The van der Waals surface area contributed by atoms with E-state index in [9.17, 15) is 17.6 Å². The second-order valence-corrected chi connectivity index (χ2v) is 7.54. The van der Waals surface area contributed by atoms with E-state index in [2.05, 4.69) is 15.0 Å². The topological polar surface area (TPSA) is 101 Å². The minimum atomic E-state index is -4.05. The molecule has 1 heterocycles. The van der Waals surface area contributed by atoms with Crippen molar-refractivity contribution in [2.75, 3.05) is 0 Å². The quantitative estimate of drug-likeness (QED) is 0.811. The molecule has 7 nitrogen and oxygen atoms in total. The highest BCUT2D eigenvalue weighted by molar-refractivity contribution is 7.89. The van der Waals surface area contributed by atoms with Gasteiger partial charge in [0.15, 0.2) is 0 Å². The number of nitrogens with one attached hydrogen (secondary N) is 2. The molecule has 25 heavy (non-hydrogen) atoms. The van der Waals surface area contributed by atoms with Crippen LogP contribution >= 0.6 is 0 Å². The molecule has 0 aliphatic carbocycles. The predicted molar refractivity (Wildman–Crippen MR) is 89.0 cm³/mol. The second kappa shape index (κ2) is 7.32. The zero-order valence-corrected chi connectivity index (χ0v) is 15.2. The lowest BCUT2D eigenvalue weighted by Crippen LogP contribution is -2.31. The number of amides is 1. The molecular formula is C16H20FN3O4S. The van der Waals surface area contributed by atoms with Crippen LogP contribution in [0.15, 0.2) is 27.5 Å². The lowest BCUT2D eigenvalue weighted by molar-refractivity contribution is 0.0947. The molecule has 0 bridgehead atoms. The molecule has 1 amide bonds. The average Bonchev–Trinajstić information content (AvgIpc) is 2.82. The van der Waals surface area contributed by atoms with Crippen molar-refractivity contribution in [1.29, 1.82) is 0 Å². The molecule has 0 aliphatic heterocycles. The van der Waals surface area contributed by atoms with Crippen LogP contribution in [0.5, 0.6) is 0 Å². The Morgan fingerprint density at radius 2 is 2.00 bits per heavy atom. The zero-order chi connectivity index (χ0) is 18.8. The van der Waals surface area contributed by atoms with E-state index in [4.69, 9.17) is 4.42 Å². The van der Waals surface area contributed by atoms with Gasteiger partial charge in [-0.15, -0.1) is 0 Å². The summed E-state index contributed by atoms with van der Waals surface area (Å²) in [4.78, 5) is 15.8. The number of rotatable bonds is 6. The first-order chi connectivity index (χ1) is 11.6. The van der Waals surface area contributed by atoms with Crippen LogP contribution in [-0.4, -0.2) is 25.4 Å². The van der Waals surface area contributed by atoms with Crippen LogP contribution in [0.2, 0.25) is 0 Å². The van der Waals surface area contributed by atoms with E-state index in [0.717, 1.165) is 17.8 Å². The molecule has 136 valence electrons. The molecule has 0 spiro atoms. The van der Waals surface area contributed by atoms with Crippen molar-refractivity contribution < 1.29 is 22.0 Å². The third kappa shape index (κ3) is 4.64. The molecule has 2 rings (SSSR count). The Balaban J connectivity index is 2.19. The van der Waals surface area contributed by atoms with Gasteiger partial charge in [-0.3, -0.25) is 4.79 Å². The number of carbonyl (C=O) groups is 1. The third-order valence-corrected chi connectivity index (χ3v) is 5.02. The van der Waals surface area contributed by atoms with E-state index in [1.54, 1.807) is 27.7 Å². The molecule has 0 saturated carbocycles. The Hall–Kier alpha value is -2.26. The summed E-state index contributed by atoms with van der Waals surface area (Å²) in [5, 5.41) is 2.56. The van der Waals surface area contributed by atoms with Crippen LogP contribution in [0.4, 0.5) is 4.39 Å². The summed E-state index contributed by atoms with van der Waals surface area (Å²) in [7, 11) is -4.05. The Labute approximate surface area is 145 Å². The fraction of sp³-hybridized carbons (Fsp3) is 0.375. The van der Waals surface area contributed by atoms with E-state index in [1.165, 1.54) is 6.07 Å². The van der Waals surface area contributed by atoms with Crippen molar-refractivity contribution in [2.24, 2.45) is 0 Å². The molecule has 0 radical (unpaired) electrons. The smallest absolute Gasteiger partial charge is 0.251 e. The minimum Gasteiger partial charge on any atom is -0.444 e. The average molecular weight is 369 g/mol. The number of halogens is 1. The van der Waals surface area contributed by atoms with Gasteiger partial charge in [-0.05, 0) is 45.9 Å². The number of hydrogen-bond donors (Lipinski definition) is 2. The van der Waals surface area contributed by atoms with Gasteiger partial charge in [0, 0.05) is 11.6 Å². The first-order valence-electron chi connectivity index (χ1n) is 7.63. The molecular weight excluding hydrogens is 349 g/mol. The van der Waals surface area contributed by atoms with Gasteiger partial charge in [0.25, 0.3) is 5.91 Å². The molecule has 1 aromatic carbocycles. The molecule has 0 atom stereocenters. The number of nitrogens with zero attached hydrogens (tertiary/aromatic N) is 1. The molecule has 2 aromatic rings. The maximum atomic E-state index is 13.9. The molecule has 0 unspecified atom stereocenters. The Morgan fingerprint density at radius 1 is 1.32 bits per heavy atom. The summed E-state index contributed by atoms with van der Waals surface area (Å²) >= 11 is 0. The number of benzene rings is 1. The summed E-state index contributed by atoms with van der Waals surface area (Å²) in [6.45, 7) is 6.81. The number of sulfonamides is 1. The number of aryl methyl sites for hydroxylation is 2. The van der Waals surface area contributed by atoms with Crippen LogP contribution in [0.1, 0.15) is 41.6 Å². The standard InChI is InChI=1S/C16H20FN3O4S/c1-9(2)20-25(22,23)14-7-12(5-6-13(14)17)16(21)18-8-15-19-10(3)11(4)24-15/h5-7,9,20H,8H2,1-4H3,(H,18,21). The maximum absolute atomic E-state index is 13.9. The minimum absolute atomic E-state index is 0.0190. The van der Waals surface area contributed by atoms with Crippen LogP contribution in [-0.2, 0) is 16.6 Å². The van der Waals surface area contributed by atoms with Gasteiger partial charge in [-0.2, -0.15) is 0 Å². The van der Waals surface area contributed by atoms with Crippen LogP contribution in [0.25, 0.3) is 0 Å². The highest BCUT2D eigenvalue weighted by Crippen LogP contribution is 2.17. The van der Waals surface area contributed by atoms with Crippen molar-refractivity contribution in [1.82, 2.24) is 15.0 Å². The first-order valence-corrected chi connectivity index (χ1v) is 9.11. The first kappa shape index (κ1) is 19.1. The van der Waals surface area contributed by atoms with Gasteiger partial charge in [0.1, 0.15) is 16.5 Å². The molecule has 1 aromatic heterocycles. The van der Waals surface area contributed by atoms with E-state index >= 15 is 0 Å².